The molecule has 0 saturated carbocycles. The van der Waals surface area contributed by atoms with Gasteiger partial charge in [0.05, 0.1) is 5.02 Å². The number of H-pyrrole nitrogens is 1. The lowest BCUT2D eigenvalue weighted by Crippen LogP contribution is -2.53. The zero-order valence-corrected chi connectivity index (χ0v) is 21.3. The highest BCUT2D eigenvalue weighted by Crippen LogP contribution is 2.49. The number of nitrogens with zero attached hydrogens (tertiary/aromatic N) is 3. The van der Waals surface area contributed by atoms with Crippen LogP contribution in [-0.4, -0.2) is 81.5 Å². The molecule has 0 bridgehead atoms. The van der Waals surface area contributed by atoms with Gasteiger partial charge >= 0.3 is 6.03 Å². The Morgan fingerprint density at radius 2 is 1.95 bits per heavy atom. The molecule has 0 radical (unpaired) electrons. The summed E-state index contributed by atoms with van der Waals surface area (Å²) in [7, 11) is 0. The molecule has 3 amide bonds. The van der Waals surface area contributed by atoms with Crippen LogP contribution in [0.2, 0.25) is 5.02 Å². The smallest absolute Gasteiger partial charge is 0.328 e. The van der Waals surface area contributed by atoms with E-state index in [1.165, 1.54) is 11.0 Å². The summed E-state index contributed by atoms with van der Waals surface area (Å²) in [6, 6.07) is 8.60. The molecule has 8 nitrogen and oxygen atoms in total. The normalized spacial score (nSPS) is 24.1. The number of amides is 3. The highest BCUT2D eigenvalue weighted by Gasteiger charge is 2.60. The van der Waals surface area contributed by atoms with Gasteiger partial charge < -0.3 is 20.3 Å². The largest absolute Gasteiger partial charge is 0.508 e. The summed E-state index contributed by atoms with van der Waals surface area (Å²) in [6.45, 7) is 6.75. The minimum Gasteiger partial charge on any atom is -0.508 e. The molecule has 3 N–H and O–H groups in total. The molecule has 6 rings (SSSR count). The molecule has 0 unspecified atom stereocenters. The van der Waals surface area contributed by atoms with E-state index in [1.54, 1.807) is 36.1 Å². The summed E-state index contributed by atoms with van der Waals surface area (Å²) >= 11 is 6.13. The summed E-state index contributed by atoms with van der Waals surface area (Å²) < 4.78 is 14.3. The van der Waals surface area contributed by atoms with Gasteiger partial charge in [0.2, 0.25) is 0 Å². The van der Waals surface area contributed by atoms with E-state index in [9.17, 15) is 19.1 Å². The van der Waals surface area contributed by atoms with Gasteiger partial charge in [0.1, 0.15) is 23.1 Å². The number of fused-ring (bicyclic) bond motifs is 4. The van der Waals surface area contributed by atoms with E-state index >= 15 is 0 Å². The second-order valence-corrected chi connectivity index (χ2v) is 10.7. The fourth-order valence-corrected chi connectivity index (χ4v) is 6.30. The number of hydrogen-bond donors (Lipinski definition) is 3. The maximum absolute atomic E-state index is 14.3. The van der Waals surface area contributed by atoms with Crippen LogP contribution in [0.1, 0.15) is 36.2 Å². The quantitative estimate of drug-likeness (QED) is 0.442. The average Bonchev–Trinajstić information content (AvgIpc) is 3.30. The molecule has 0 aliphatic carbocycles. The van der Waals surface area contributed by atoms with Gasteiger partial charge in [0.25, 0.3) is 5.91 Å². The van der Waals surface area contributed by atoms with Crippen molar-refractivity contribution in [3.05, 3.63) is 64.1 Å². The van der Waals surface area contributed by atoms with Crippen LogP contribution >= 0.6 is 11.6 Å². The number of urea groups is 1. The molecule has 3 aliphatic rings. The lowest BCUT2D eigenvalue weighted by molar-refractivity contribution is -0.133. The van der Waals surface area contributed by atoms with E-state index in [0.717, 1.165) is 43.7 Å². The van der Waals surface area contributed by atoms with E-state index in [4.69, 9.17) is 11.6 Å². The van der Waals surface area contributed by atoms with E-state index in [2.05, 4.69) is 15.2 Å². The number of imide groups is 1. The first kappa shape index (κ1) is 24.2. The van der Waals surface area contributed by atoms with E-state index in [-0.39, 0.29) is 29.1 Å². The number of aromatic amines is 1. The van der Waals surface area contributed by atoms with Crippen molar-refractivity contribution in [2.24, 2.45) is 0 Å². The molecule has 2 saturated heterocycles. The standard InChI is InChI=1S/C27H29ClFN5O3/c1-27-15-19-18-13-20(28)21(29)14-22(18)31-23(19)24(16-4-2-5-17(35)12-16)34(27)26(37)33(25(27)36)9-3-8-32-10-6-30-7-11-32/h2,4-5,12-14,24,30-31,35H,3,6-11,15H2,1H3/t24-,27+/m1/s1. The lowest BCUT2D eigenvalue weighted by Gasteiger charge is -2.42. The van der Waals surface area contributed by atoms with Crippen LogP contribution in [0.3, 0.4) is 0 Å². The molecule has 194 valence electrons. The number of aromatic nitrogens is 1. The van der Waals surface area contributed by atoms with Crippen molar-refractivity contribution in [2.45, 2.75) is 31.3 Å². The molecule has 2 aromatic carbocycles. The van der Waals surface area contributed by atoms with Crippen molar-refractivity contribution in [3.8, 4) is 5.75 Å². The van der Waals surface area contributed by atoms with Gasteiger partial charge in [-0.3, -0.25) is 14.6 Å². The summed E-state index contributed by atoms with van der Waals surface area (Å²) in [5.74, 6) is -0.727. The fourth-order valence-electron chi connectivity index (χ4n) is 6.14. The maximum atomic E-state index is 14.3. The van der Waals surface area contributed by atoms with Crippen LogP contribution in [0.4, 0.5) is 9.18 Å². The predicted molar refractivity (Wildman–Crippen MR) is 138 cm³/mol. The summed E-state index contributed by atoms with van der Waals surface area (Å²) in [5.41, 5.74) is 1.60. The van der Waals surface area contributed by atoms with Gasteiger partial charge in [-0.15, -0.1) is 0 Å². The molecule has 10 heteroatoms. The van der Waals surface area contributed by atoms with Crippen LogP contribution in [0.15, 0.2) is 36.4 Å². The Bertz CT molecular complexity index is 1400. The predicted octanol–water partition coefficient (Wildman–Crippen LogP) is 3.63. The van der Waals surface area contributed by atoms with Gasteiger partial charge in [-0.25, -0.2) is 9.18 Å². The molecule has 3 aromatic rings. The summed E-state index contributed by atoms with van der Waals surface area (Å²) in [6.07, 6.45) is 0.972. The first-order chi connectivity index (χ1) is 17.8. The van der Waals surface area contributed by atoms with Crippen molar-refractivity contribution in [2.75, 3.05) is 39.3 Å². The third-order valence-electron chi connectivity index (χ3n) is 7.96. The molecule has 4 heterocycles. The van der Waals surface area contributed by atoms with Gasteiger partial charge in [0.15, 0.2) is 0 Å². The number of rotatable bonds is 5. The molecule has 0 spiro atoms. The van der Waals surface area contributed by atoms with Crippen LogP contribution in [-0.2, 0) is 11.2 Å². The SMILES string of the molecule is C[C@@]12Cc3c([nH]c4cc(F)c(Cl)cc34)[C@@H](c3cccc(O)c3)N1C(=O)N(CCCN1CCNCC1)C2=O. The Morgan fingerprint density at radius 3 is 2.70 bits per heavy atom. The van der Waals surface area contributed by atoms with Gasteiger partial charge in [-0.1, -0.05) is 23.7 Å². The number of phenols is 1. The molecule has 3 aliphatic heterocycles. The maximum Gasteiger partial charge on any atom is 0.328 e. The summed E-state index contributed by atoms with van der Waals surface area (Å²) in [4.78, 5) is 36.4. The van der Waals surface area contributed by atoms with Crippen molar-refractivity contribution in [1.29, 1.82) is 0 Å². The molecular weight excluding hydrogens is 497 g/mol. The van der Waals surface area contributed by atoms with Gasteiger partial charge in [-0.05, 0) is 55.3 Å². The number of nitrogens with one attached hydrogen (secondary N) is 2. The van der Waals surface area contributed by atoms with Crippen molar-refractivity contribution < 1.29 is 19.1 Å². The number of hydrogen-bond acceptors (Lipinski definition) is 5. The van der Waals surface area contributed by atoms with Crippen LogP contribution in [0, 0.1) is 5.82 Å². The zero-order chi connectivity index (χ0) is 25.9. The van der Waals surface area contributed by atoms with E-state index < -0.39 is 17.4 Å². The van der Waals surface area contributed by atoms with Crippen molar-refractivity contribution in [3.63, 3.8) is 0 Å². The number of phenolic OH excluding ortho intramolecular Hbond substituents is 1. The third kappa shape index (κ3) is 3.88. The van der Waals surface area contributed by atoms with Gasteiger partial charge in [0, 0.05) is 55.7 Å². The topological polar surface area (TPSA) is 91.9 Å². The molecule has 1 aromatic heterocycles. The van der Waals surface area contributed by atoms with Crippen LogP contribution in [0.5, 0.6) is 5.75 Å². The minimum atomic E-state index is -1.13. The summed E-state index contributed by atoms with van der Waals surface area (Å²) in [5, 5.41) is 14.3. The second-order valence-electron chi connectivity index (χ2n) is 10.3. The Kier molecular flexibility index (Phi) is 5.89. The Balaban J connectivity index is 1.40. The Labute approximate surface area is 219 Å². The van der Waals surface area contributed by atoms with Crippen molar-refractivity contribution in [1.82, 2.24) is 25.0 Å². The monoisotopic (exact) mass is 525 g/mol. The Hall–Kier alpha value is -3.14. The second kappa shape index (κ2) is 9.01. The molecule has 37 heavy (non-hydrogen) atoms. The zero-order valence-electron chi connectivity index (χ0n) is 20.6. The molecule has 2 atom stereocenters. The fraction of sp³-hybridized carbons (Fsp3) is 0.407. The minimum absolute atomic E-state index is 0.000785. The molecule has 2 fully saturated rings. The highest BCUT2D eigenvalue weighted by atomic mass is 35.5. The van der Waals surface area contributed by atoms with Crippen LogP contribution in [0.25, 0.3) is 10.9 Å². The first-order valence-electron chi connectivity index (χ1n) is 12.6. The number of benzene rings is 2. The average molecular weight is 526 g/mol. The third-order valence-corrected chi connectivity index (χ3v) is 8.25. The number of halogens is 2. The lowest BCUT2D eigenvalue weighted by atomic mass is 9.81. The van der Waals surface area contributed by atoms with E-state index in [0.29, 0.717) is 29.7 Å². The van der Waals surface area contributed by atoms with Crippen molar-refractivity contribution >= 4 is 34.4 Å². The first-order valence-corrected chi connectivity index (χ1v) is 13.0. The number of piperazine rings is 1. The van der Waals surface area contributed by atoms with Gasteiger partial charge in [-0.2, -0.15) is 0 Å². The van der Waals surface area contributed by atoms with Crippen LogP contribution < -0.4 is 5.32 Å². The Morgan fingerprint density at radius 1 is 1.16 bits per heavy atom. The number of aromatic hydroxyl groups is 1. The number of carbonyl (C=O) groups is 2. The highest BCUT2D eigenvalue weighted by molar-refractivity contribution is 6.31. The van der Waals surface area contributed by atoms with E-state index in [1.807, 2.05) is 6.07 Å². The molecular formula is C27H29ClFN5O3. The number of carbonyl (C=O) groups excluding carboxylic acids is 2.